The minimum Gasteiger partial charge on any atom is -0.243 e. The first-order valence-corrected chi connectivity index (χ1v) is 5.08. The molecule has 0 radical (unpaired) electrons. The van der Waals surface area contributed by atoms with Crippen LogP contribution in [-0.2, 0) is 9.83 Å². The van der Waals surface area contributed by atoms with Crippen LogP contribution in [0.25, 0.3) is 0 Å². The predicted molar refractivity (Wildman–Crippen MR) is 45.4 cm³/mol. The lowest BCUT2D eigenvalue weighted by Gasteiger charge is -1.91. The van der Waals surface area contributed by atoms with E-state index in [1.807, 2.05) is 13.0 Å². The first-order valence-electron chi connectivity index (χ1n) is 2.54. The lowest BCUT2D eigenvalue weighted by atomic mass is 10.8. The van der Waals surface area contributed by atoms with Crippen LogP contribution in [0, 0.1) is 0 Å². The SMILES string of the molecule is C=C(C)S(=O)S/C=C/C. The van der Waals surface area contributed by atoms with E-state index in [-0.39, 0.29) is 0 Å². The van der Waals surface area contributed by atoms with E-state index in [0.29, 0.717) is 4.91 Å². The Balaban J connectivity index is 3.65. The summed E-state index contributed by atoms with van der Waals surface area (Å²) in [5.41, 5.74) is 0. The Labute approximate surface area is 62.1 Å². The van der Waals surface area contributed by atoms with Crippen molar-refractivity contribution in [2.75, 3.05) is 0 Å². The number of rotatable bonds is 3. The standard InChI is InChI=1S/C6H10OS2/c1-4-5-8-9(7)6(2)3/h4-5H,2H2,1,3H3/b5-4+. The van der Waals surface area contributed by atoms with Gasteiger partial charge in [-0.15, -0.1) is 0 Å². The summed E-state index contributed by atoms with van der Waals surface area (Å²) in [6.07, 6.45) is 1.85. The third-order valence-electron chi connectivity index (χ3n) is 0.564. The molecule has 0 spiro atoms. The number of allylic oxidation sites excluding steroid dienone is 2. The van der Waals surface area contributed by atoms with Crippen LogP contribution < -0.4 is 0 Å². The van der Waals surface area contributed by atoms with E-state index in [9.17, 15) is 4.21 Å². The molecule has 0 amide bonds. The van der Waals surface area contributed by atoms with Gasteiger partial charge in [0.25, 0.3) is 0 Å². The Bertz CT molecular complexity index is 149. The third kappa shape index (κ3) is 4.48. The number of hydrogen-bond acceptors (Lipinski definition) is 2. The molecule has 0 aliphatic carbocycles. The van der Waals surface area contributed by atoms with Crippen molar-refractivity contribution in [1.29, 1.82) is 0 Å². The van der Waals surface area contributed by atoms with Crippen LogP contribution in [-0.4, -0.2) is 4.21 Å². The molecule has 0 heterocycles. The predicted octanol–water partition coefficient (Wildman–Crippen LogP) is 2.45. The zero-order chi connectivity index (χ0) is 7.28. The molecule has 0 saturated heterocycles. The molecule has 9 heavy (non-hydrogen) atoms. The van der Waals surface area contributed by atoms with Gasteiger partial charge in [0.15, 0.2) is 0 Å². The molecule has 0 fully saturated rings. The highest BCUT2D eigenvalue weighted by atomic mass is 33.1. The summed E-state index contributed by atoms with van der Waals surface area (Å²) in [6, 6.07) is 0. The van der Waals surface area contributed by atoms with E-state index in [4.69, 9.17) is 0 Å². The maximum atomic E-state index is 10.8. The van der Waals surface area contributed by atoms with Crippen LogP contribution in [0.5, 0.6) is 0 Å². The van der Waals surface area contributed by atoms with E-state index < -0.39 is 9.83 Å². The van der Waals surface area contributed by atoms with E-state index in [2.05, 4.69) is 6.58 Å². The normalized spacial score (nSPS) is 14.0. The van der Waals surface area contributed by atoms with Gasteiger partial charge in [-0.05, 0) is 30.0 Å². The van der Waals surface area contributed by atoms with Gasteiger partial charge >= 0.3 is 0 Å². The van der Waals surface area contributed by atoms with Gasteiger partial charge in [0.2, 0.25) is 0 Å². The van der Waals surface area contributed by atoms with Gasteiger partial charge in [-0.25, -0.2) is 4.21 Å². The second-order valence-corrected chi connectivity index (χ2v) is 4.62. The first kappa shape index (κ1) is 8.98. The average Bonchev–Trinajstić information content (AvgIpc) is 1.82. The Morgan fingerprint density at radius 1 is 1.78 bits per heavy atom. The van der Waals surface area contributed by atoms with Crippen molar-refractivity contribution in [2.45, 2.75) is 13.8 Å². The van der Waals surface area contributed by atoms with Gasteiger partial charge in [-0.3, -0.25) is 0 Å². The molecule has 1 nitrogen and oxygen atoms in total. The van der Waals surface area contributed by atoms with E-state index in [0.717, 1.165) is 0 Å². The Morgan fingerprint density at radius 2 is 2.33 bits per heavy atom. The molecule has 3 heteroatoms. The molecular weight excluding hydrogens is 152 g/mol. The molecule has 1 unspecified atom stereocenters. The maximum Gasteiger partial charge on any atom is 0.112 e. The zero-order valence-corrected chi connectivity index (χ0v) is 7.22. The monoisotopic (exact) mass is 162 g/mol. The summed E-state index contributed by atoms with van der Waals surface area (Å²) in [4.78, 5) is 0.707. The lowest BCUT2D eigenvalue weighted by molar-refractivity contribution is 0.695. The molecule has 1 atom stereocenters. The van der Waals surface area contributed by atoms with Crippen molar-refractivity contribution in [3.05, 3.63) is 23.0 Å². The second kappa shape index (κ2) is 4.82. The van der Waals surface area contributed by atoms with Crippen molar-refractivity contribution in [1.82, 2.24) is 0 Å². The maximum absolute atomic E-state index is 10.8. The molecule has 0 rings (SSSR count). The zero-order valence-electron chi connectivity index (χ0n) is 5.59. The lowest BCUT2D eigenvalue weighted by Crippen LogP contribution is -1.78. The van der Waals surface area contributed by atoms with Crippen LogP contribution in [0.15, 0.2) is 23.0 Å². The average molecular weight is 162 g/mol. The fourth-order valence-corrected chi connectivity index (χ4v) is 1.69. The third-order valence-corrected chi connectivity index (χ3v) is 3.40. The molecule has 0 aromatic carbocycles. The molecule has 0 bridgehead atoms. The van der Waals surface area contributed by atoms with Gasteiger partial charge in [0, 0.05) is 4.91 Å². The van der Waals surface area contributed by atoms with Crippen LogP contribution in [0.3, 0.4) is 0 Å². The quantitative estimate of drug-likeness (QED) is 0.593. The molecule has 0 saturated carbocycles. The highest BCUT2D eigenvalue weighted by Gasteiger charge is 1.94. The fraction of sp³-hybridized carbons (Fsp3) is 0.333. The summed E-state index contributed by atoms with van der Waals surface area (Å²) < 4.78 is 10.8. The van der Waals surface area contributed by atoms with E-state index >= 15 is 0 Å². The molecule has 52 valence electrons. The summed E-state index contributed by atoms with van der Waals surface area (Å²) >= 11 is 0. The summed E-state index contributed by atoms with van der Waals surface area (Å²) in [5, 5.41) is 1.80. The first-order chi connectivity index (χ1) is 4.18. The van der Waals surface area contributed by atoms with Gasteiger partial charge in [-0.1, -0.05) is 12.7 Å². The molecule has 0 aromatic heterocycles. The largest absolute Gasteiger partial charge is 0.243 e. The van der Waals surface area contributed by atoms with Crippen molar-refractivity contribution in [3.63, 3.8) is 0 Å². The van der Waals surface area contributed by atoms with Crippen LogP contribution in [0.1, 0.15) is 13.8 Å². The van der Waals surface area contributed by atoms with E-state index in [1.165, 1.54) is 10.8 Å². The fourth-order valence-electron chi connectivity index (χ4n) is 0.188. The van der Waals surface area contributed by atoms with Crippen LogP contribution in [0.2, 0.25) is 0 Å². The highest BCUT2D eigenvalue weighted by Crippen LogP contribution is 2.14. The summed E-state index contributed by atoms with van der Waals surface area (Å²) in [7, 11) is 0.340. The molecule has 0 aromatic rings. The van der Waals surface area contributed by atoms with Crippen molar-refractivity contribution in [2.24, 2.45) is 0 Å². The topological polar surface area (TPSA) is 17.1 Å². The molecule has 0 aliphatic rings. The van der Waals surface area contributed by atoms with Gasteiger partial charge in [0.1, 0.15) is 9.83 Å². The smallest absolute Gasteiger partial charge is 0.112 e. The highest BCUT2D eigenvalue weighted by molar-refractivity contribution is 8.71. The minimum absolute atomic E-state index is 0.707. The van der Waals surface area contributed by atoms with Crippen molar-refractivity contribution < 1.29 is 4.21 Å². The molecule has 0 aliphatic heterocycles. The molecular formula is C6H10OS2. The Morgan fingerprint density at radius 3 is 2.67 bits per heavy atom. The van der Waals surface area contributed by atoms with Crippen LogP contribution >= 0.6 is 10.8 Å². The van der Waals surface area contributed by atoms with Crippen molar-refractivity contribution in [3.8, 4) is 0 Å². The van der Waals surface area contributed by atoms with Gasteiger partial charge < -0.3 is 0 Å². The Hall–Kier alpha value is -0.0200. The van der Waals surface area contributed by atoms with Crippen LogP contribution in [0.4, 0.5) is 0 Å². The van der Waals surface area contributed by atoms with Gasteiger partial charge in [0.05, 0.1) is 0 Å². The number of hydrogen-bond donors (Lipinski definition) is 0. The minimum atomic E-state index is -0.936. The van der Waals surface area contributed by atoms with Gasteiger partial charge in [-0.2, -0.15) is 0 Å². The van der Waals surface area contributed by atoms with Crippen molar-refractivity contribution >= 4 is 20.6 Å². The Kier molecular flexibility index (Phi) is 4.81. The second-order valence-electron chi connectivity index (χ2n) is 1.50. The van der Waals surface area contributed by atoms with E-state index in [1.54, 1.807) is 12.3 Å². The summed E-state index contributed by atoms with van der Waals surface area (Å²) in [6.45, 7) is 7.20. The molecule has 0 N–H and O–H groups in total. The summed E-state index contributed by atoms with van der Waals surface area (Å²) in [5.74, 6) is 0.